The van der Waals surface area contributed by atoms with Gasteiger partial charge in [0.25, 0.3) is 0 Å². The maximum Gasteiger partial charge on any atom is 0.336 e. The van der Waals surface area contributed by atoms with E-state index in [0.717, 1.165) is 50.5 Å². The number of pyridine rings is 1. The quantitative estimate of drug-likeness (QED) is 0.405. The second-order valence-corrected chi connectivity index (χ2v) is 10.3. The molecule has 5 rings (SSSR count). The lowest BCUT2D eigenvalue weighted by Gasteiger charge is -2.32. The molecule has 1 N–H and O–H groups in total. The lowest BCUT2D eigenvalue weighted by Crippen LogP contribution is -2.50. The Morgan fingerprint density at radius 2 is 1.68 bits per heavy atom. The van der Waals surface area contributed by atoms with Gasteiger partial charge in [-0.3, -0.25) is 14.9 Å². The molecule has 0 aliphatic carbocycles. The molecule has 0 unspecified atom stereocenters. The summed E-state index contributed by atoms with van der Waals surface area (Å²) in [5.41, 5.74) is 7.68. The second-order valence-electron chi connectivity index (χ2n) is 9.49. The number of carbonyl (C=O) groups excluding carboxylic acids is 1. The van der Waals surface area contributed by atoms with E-state index in [1.54, 1.807) is 18.0 Å². The van der Waals surface area contributed by atoms with Gasteiger partial charge in [-0.25, -0.2) is 10.2 Å². The molecule has 0 bridgehead atoms. The zero-order valence-corrected chi connectivity index (χ0v) is 22.4. The molecule has 1 saturated heterocycles. The van der Waals surface area contributed by atoms with Crippen molar-refractivity contribution < 1.29 is 9.53 Å². The minimum absolute atomic E-state index is 0.0737. The third kappa shape index (κ3) is 6.95. The van der Waals surface area contributed by atoms with E-state index in [9.17, 15) is 4.79 Å². The average molecular weight is 530 g/mol. The maximum atomic E-state index is 13.7. The molecule has 38 heavy (non-hydrogen) atoms. The number of hydrogen-bond donors (Lipinski definition) is 1. The number of hydrogen-bond acceptors (Lipinski definition) is 6. The molecule has 0 spiro atoms. The van der Waals surface area contributed by atoms with E-state index in [1.165, 1.54) is 11.1 Å². The Morgan fingerprint density at radius 3 is 2.34 bits per heavy atom. The van der Waals surface area contributed by atoms with Crippen LogP contribution in [0.5, 0.6) is 0 Å². The van der Waals surface area contributed by atoms with E-state index >= 15 is 0 Å². The first-order valence-electron chi connectivity index (χ1n) is 13.2. The molecular formula is C30H35N5O2S. The Kier molecular flexibility index (Phi) is 9.31. The summed E-state index contributed by atoms with van der Waals surface area (Å²) in [6, 6.07) is 25.0. The third-order valence-corrected chi connectivity index (χ3v) is 7.84. The molecule has 1 aromatic heterocycles. The number of nitrogens with zero attached hydrogens (tertiary/aromatic N) is 4. The number of amides is 2. The van der Waals surface area contributed by atoms with Gasteiger partial charge in [-0.1, -0.05) is 60.7 Å². The average Bonchev–Trinajstić information content (AvgIpc) is 3.45. The number of morpholine rings is 1. The minimum Gasteiger partial charge on any atom is -0.379 e. The highest BCUT2D eigenvalue weighted by atomic mass is 32.2. The minimum atomic E-state index is -0.0737. The van der Waals surface area contributed by atoms with Crippen LogP contribution in [-0.4, -0.2) is 77.6 Å². The zero-order valence-electron chi connectivity index (χ0n) is 21.6. The molecule has 3 heterocycles. The topological polar surface area (TPSA) is 60.9 Å². The van der Waals surface area contributed by atoms with Gasteiger partial charge >= 0.3 is 6.03 Å². The van der Waals surface area contributed by atoms with Gasteiger partial charge in [0.05, 0.1) is 24.8 Å². The van der Waals surface area contributed by atoms with Crippen LogP contribution in [0.1, 0.15) is 29.0 Å². The van der Waals surface area contributed by atoms with Crippen LogP contribution in [0.25, 0.3) is 5.70 Å². The van der Waals surface area contributed by atoms with Crippen molar-refractivity contribution in [1.82, 2.24) is 25.2 Å². The molecule has 2 aromatic carbocycles. The second kappa shape index (κ2) is 13.5. The van der Waals surface area contributed by atoms with Crippen LogP contribution in [0.3, 0.4) is 0 Å². The van der Waals surface area contributed by atoms with Crippen molar-refractivity contribution in [1.29, 1.82) is 0 Å². The summed E-state index contributed by atoms with van der Waals surface area (Å²) < 4.78 is 5.52. The molecule has 0 saturated carbocycles. The van der Waals surface area contributed by atoms with Crippen molar-refractivity contribution in [3.8, 4) is 0 Å². The van der Waals surface area contributed by atoms with Crippen molar-refractivity contribution in [3.63, 3.8) is 0 Å². The number of thioether (sulfide) groups is 1. The van der Waals surface area contributed by atoms with Crippen LogP contribution in [-0.2, 0) is 4.74 Å². The monoisotopic (exact) mass is 529 g/mol. The normalized spacial score (nSPS) is 15.9. The summed E-state index contributed by atoms with van der Waals surface area (Å²) >= 11 is 1.67. The standard InChI is InChI=1S/C30H35N5O2S/c36-30(32-35-24-38-23-29(35)27-12-7-14-31-22-27)34(17-16-33-18-20-37-21-19-33)15-13-28(25-8-3-1-4-9-25)26-10-5-2-6-11-26/h1-12,14,22-23,28H,13,15-21,24H2,(H,32,36). The lowest BCUT2D eigenvalue weighted by atomic mass is 9.88. The highest BCUT2D eigenvalue weighted by Crippen LogP contribution is 2.30. The number of ether oxygens (including phenoxy) is 1. The SMILES string of the molecule is O=C(NN1CSC=C1c1cccnc1)N(CCC(c1ccccc1)c1ccccc1)CCN1CCOCC1. The van der Waals surface area contributed by atoms with Gasteiger partial charge in [0, 0.05) is 56.6 Å². The Bertz CT molecular complexity index is 1130. The van der Waals surface area contributed by atoms with E-state index in [4.69, 9.17) is 4.74 Å². The predicted molar refractivity (Wildman–Crippen MR) is 153 cm³/mol. The number of rotatable bonds is 10. The maximum absolute atomic E-state index is 13.7. The van der Waals surface area contributed by atoms with Crippen LogP contribution in [0.4, 0.5) is 4.79 Å². The molecule has 198 valence electrons. The largest absolute Gasteiger partial charge is 0.379 e. The summed E-state index contributed by atoms with van der Waals surface area (Å²) in [7, 11) is 0. The van der Waals surface area contributed by atoms with Crippen LogP contribution >= 0.6 is 11.8 Å². The Morgan fingerprint density at radius 1 is 0.974 bits per heavy atom. The number of urea groups is 1. The van der Waals surface area contributed by atoms with E-state index in [2.05, 4.69) is 81.4 Å². The Hall–Kier alpha value is -3.33. The smallest absolute Gasteiger partial charge is 0.336 e. The van der Waals surface area contributed by atoms with Crippen molar-refractivity contribution in [2.45, 2.75) is 12.3 Å². The third-order valence-electron chi connectivity index (χ3n) is 7.05. The fourth-order valence-corrected chi connectivity index (χ4v) is 5.77. The van der Waals surface area contributed by atoms with E-state index < -0.39 is 0 Å². The molecular weight excluding hydrogens is 494 g/mol. The first-order chi connectivity index (χ1) is 18.8. The van der Waals surface area contributed by atoms with Gasteiger partial charge in [0.15, 0.2) is 0 Å². The molecule has 7 nitrogen and oxygen atoms in total. The number of carbonyl (C=O) groups is 1. The van der Waals surface area contributed by atoms with Crippen molar-refractivity contribution in [2.75, 3.05) is 51.8 Å². The van der Waals surface area contributed by atoms with E-state index in [1.807, 2.05) is 28.2 Å². The number of benzene rings is 2. The molecule has 1 fully saturated rings. The summed E-state index contributed by atoms with van der Waals surface area (Å²) in [6.07, 6.45) is 4.43. The first kappa shape index (κ1) is 26.3. The van der Waals surface area contributed by atoms with E-state index in [-0.39, 0.29) is 11.9 Å². The first-order valence-corrected chi connectivity index (χ1v) is 14.3. The van der Waals surface area contributed by atoms with Crippen molar-refractivity contribution in [3.05, 3.63) is 107 Å². The highest BCUT2D eigenvalue weighted by molar-refractivity contribution is 8.02. The fourth-order valence-electron chi connectivity index (χ4n) is 4.92. The molecule has 8 heteroatoms. The van der Waals surface area contributed by atoms with Gasteiger partial charge in [-0.05, 0) is 35.1 Å². The van der Waals surface area contributed by atoms with Crippen molar-refractivity contribution >= 4 is 23.5 Å². The van der Waals surface area contributed by atoms with Gasteiger partial charge in [-0.15, -0.1) is 11.8 Å². The summed E-state index contributed by atoms with van der Waals surface area (Å²) in [5, 5.41) is 4.01. The number of aromatic nitrogens is 1. The van der Waals surface area contributed by atoms with Crippen LogP contribution in [0.15, 0.2) is 90.6 Å². The summed E-state index contributed by atoms with van der Waals surface area (Å²) in [6.45, 7) is 5.46. The number of nitrogens with one attached hydrogen (secondary N) is 1. The van der Waals surface area contributed by atoms with Gasteiger partial charge in [0.1, 0.15) is 0 Å². The highest BCUT2D eigenvalue weighted by Gasteiger charge is 2.24. The van der Waals surface area contributed by atoms with Crippen LogP contribution < -0.4 is 5.43 Å². The predicted octanol–water partition coefficient (Wildman–Crippen LogP) is 4.87. The van der Waals surface area contributed by atoms with E-state index in [0.29, 0.717) is 19.0 Å². The Balaban J connectivity index is 1.30. The molecule has 0 atom stereocenters. The summed E-state index contributed by atoms with van der Waals surface area (Å²) in [5.74, 6) is 0.883. The van der Waals surface area contributed by atoms with Crippen LogP contribution in [0, 0.1) is 0 Å². The summed E-state index contributed by atoms with van der Waals surface area (Å²) in [4.78, 5) is 22.3. The van der Waals surface area contributed by atoms with Gasteiger partial charge in [0.2, 0.25) is 0 Å². The molecule has 3 aromatic rings. The molecule has 2 amide bonds. The molecule has 2 aliphatic rings. The molecule has 2 aliphatic heterocycles. The van der Waals surface area contributed by atoms with Crippen LogP contribution in [0.2, 0.25) is 0 Å². The fraction of sp³-hybridized carbons (Fsp3) is 0.333. The zero-order chi connectivity index (χ0) is 26.0. The van der Waals surface area contributed by atoms with Gasteiger partial charge in [-0.2, -0.15) is 0 Å². The lowest BCUT2D eigenvalue weighted by molar-refractivity contribution is 0.0346. The Labute approximate surface area is 229 Å². The van der Waals surface area contributed by atoms with Gasteiger partial charge < -0.3 is 9.64 Å². The molecule has 0 radical (unpaired) electrons. The number of hydrazine groups is 1. The van der Waals surface area contributed by atoms with Crippen molar-refractivity contribution in [2.24, 2.45) is 0 Å².